The van der Waals surface area contributed by atoms with Crippen LogP contribution in [0.25, 0.3) is 16.8 Å². The Bertz CT molecular complexity index is 1390. The lowest BCUT2D eigenvalue weighted by atomic mass is 9.85. The van der Waals surface area contributed by atoms with Crippen molar-refractivity contribution in [3.8, 4) is 11.3 Å². The second-order valence-electron chi connectivity index (χ2n) is 10.8. The number of likely N-dealkylation sites (tertiary alicyclic amines) is 1. The van der Waals surface area contributed by atoms with E-state index in [-0.39, 0.29) is 11.5 Å². The van der Waals surface area contributed by atoms with Gasteiger partial charge in [0.2, 0.25) is 0 Å². The number of imidazole rings is 1. The third-order valence-corrected chi connectivity index (χ3v) is 7.76. The van der Waals surface area contributed by atoms with Crippen molar-refractivity contribution in [2.24, 2.45) is 5.41 Å². The van der Waals surface area contributed by atoms with Crippen LogP contribution >= 0.6 is 11.6 Å². The maximum Gasteiger partial charge on any atom is 0.129 e. The molecule has 2 heterocycles. The minimum absolute atomic E-state index is 0.0151. The number of nitrogens with one attached hydrogen (secondary N) is 2. The van der Waals surface area contributed by atoms with E-state index < -0.39 is 0 Å². The molecular weight excluding hydrogens is 488 g/mol. The summed E-state index contributed by atoms with van der Waals surface area (Å²) in [4.78, 5) is 10.8. The molecule has 1 unspecified atom stereocenters. The fraction of sp³-hybridized carbons (Fsp3) is 0.303. The van der Waals surface area contributed by atoms with E-state index in [4.69, 9.17) is 16.6 Å². The van der Waals surface area contributed by atoms with E-state index in [0.717, 1.165) is 58.2 Å². The number of aromatic amines is 1. The Morgan fingerprint density at radius 3 is 2.74 bits per heavy atom. The molecule has 1 aliphatic heterocycles. The number of aryl methyl sites for hydroxylation is 1. The van der Waals surface area contributed by atoms with Gasteiger partial charge in [0, 0.05) is 30.5 Å². The van der Waals surface area contributed by atoms with Crippen molar-refractivity contribution in [3.63, 3.8) is 0 Å². The summed E-state index contributed by atoms with van der Waals surface area (Å²) in [5.41, 5.74) is 9.31. The first-order chi connectivity index (χ1) is 18.2. The number of nitrogens with zero attached hydrogens (tertiary/aromatic N) is 2. The molecule has 0 amide bonds. The summed E-state index contributed by atoms with van der Waals surface area (Å²) < 4.78 is 0. The van der Waals surface area contributed by atoms with Gasteiger partial charge in [-0.15, -0.1) is 6.58 Å². The molecule has 2 aromatic carbocycles. The molecule has 0 saturated carbocycles. The summed E-state index contributed by atoms with van der Waals surface area (Å²) in [5, 5.41) is 4.07. The summed E-state index contributed by atoms with van der Waals surface area (Å²) >= 11 is 6.32. The molecule has 4 rings (SSSR count). The van der Waals surface area contributed by atoms with E-state index in [9.17, 15) is 0 Å². The van der Waals surface area contributed by atoms with E-state index in [0.29, 0.717) is 0 Å². The van der Waals surface area contributed by atoms with Crippen molar-refractivity contribution in [1.82, 2.24) is 14.9 Å². The maximum absolute atomic E-state index is 6.32. The van der Waals surface area contributed by atoms with Crippen LogP contribution in [-0.2, 0) is 6.42 Å². The number of allylic oxidation sites excluding steroid dienone is 6. The van der Waals surface area contributed by atoms with Crippen LogP contribution in [0.1, 0.15) is 55.2 Å². The van der Waals surface area contributed by atoms with E-state index in [2.05, 4.69) is 92.6 Å². The summed E-state index contributed by atoms with van der Waals surface area (Å²) in [7, 11) is 4.12. The van der Waals surface area contributed by atoms with Crippen molar-refractivity contribution in [3.05, 3.63) is 113 Å². The van der Waals surface area contributed by atoms with E-state index >= 15 is 0 Å². The summed E-state index contributed by atoms with van der Waals surface area (Å²) in [6, 6.07) is 12.8. The lowest BCUT2D eigenvalue weighted by Crippen LogP contribution is -2.17. The highest BCUT2D eigenvalue weighted by atomic mass is 35.5. The third-order valence-electron chi connectivity index (χ3n) is 7.52. The van der Waals surface area contributed by atoms with Gasteiger partial charge in [0.1, 0.15) is 5.82 Å². The first-order valence-electron chi connectivity index (χ1n) is 13.2. The predicted molar refractivity (Wildman–Crippen MR) is 163 cm³/mol. The average molecular weight is 527 g/mol. The zero-order chi connectivity index (χ0) is 27.4. The van der Waals surface area contributed by atoms with Gasteiger partial charge in [-0.2, -0.15) is 0 Å². The second kappa shape index (κ2) is 11.5. The first-order valence-corrected chi connectivity index (χ1v) is 13.6. The molecule has 1 aliphatic rings. The number of halogens is 1. The van der Waals surface area contributed by atoms with Crippen LogP contribution in [0.2, 0.25) is 5.02 Å². The molecule has 38 heavy (non-hydrogen) atoms. The van der Waals surface area contributed by atoms with Gasteiger partial charge in [-0.05, 0) is 89.8 Å². The third kappa shape index (κ3) is 5.97. The molecule has 1 atom stereocenters. The number of anilines is 1. The molecule has 0 radical (unpaired) electrons. The van der Waals surface area contributed by atoms with Crippen LogP contribution < -0.4 is 5.32 Å². The number of H-pyrrole nitrogens is 1. The normalized spacial score (nSPS) is 17.2. The lowest BCUT2D eigenvalue weighted by molar-refractivity contribution is 0.348. The standard InChI is InChI=1S/C33H39ClN4/c1-8-10-23(28-19-26(34)13-11-22(28)3)18-27-14-16-31(38(27)7)32-36-21-30(37-32)24-12-15-29(35-6)25(17-24)20-33(4,5)9-2/h8-13,15,17-19,21,31,35H,1-2,14,16,20H2,3-7H3,(H,36,37)/b23-10+,27-18-. The van der Waals surface area contributed by atoms with Gasteiger partial charge in [-0.1, -0.05) is 62.4 Å². The van der Waals surface area contributed by atoms with Crippen molar-refractivity contribution in [1.29, 1.82) is 0 Å². The lowest BCUT2D eigenvalue weighted by Gasteiger charge is -2.22. The minimum atomic E-state index is 0.0151. The molecule has 4 nitrogen and oxygen atoms in total. The Hall–Kier alpha value is -3.50. The summed E-state index contributed by atoms with van der Waals surface area (Å²) in [5.74, 6) is 0.991. The van der Waals surface area contributed by atoms with Crippen LogP contribution in [0.3, 0.4) is 0 Å². The second-order valence-corrected chi connectivity index (χ2v) is 11.2. The highest BCUT2D eigenvalue weighted by Crippen LogP contribution is 2.39. The molecule has 1 saturated heterocycles. The van der Waals surface area contributed by atoms with Crippen LogP contribution in [0.5, 0.6) is 0 Å². The van der Waals surface area contributed by atoms with Gasteiger partial charge in [0.05, 0.1) is 17.9 Å². The molecule has 0 aliphatic carbocycles. The minimum Gasteiger partial charge on any atom is -0.388 e. The van der Waals surface area contributed by atoms with Crippen LogP contribution in [0, 0.1) is 12.3 Å². The molecule has 1 fully saturated rings. The van der Waals surface area contributed by atoms with Crippen molar-refractivity contribution in [2.75, 3.05) is 19.4 Å². The number of hydrogen-bond donors (Lipinski definition) is 2. The largest absolute Gasteiger partial charge is 0.388 e. The van der Waals surface area contributed by atoms with Crippen LogP contribution in [0.4, 0.5) is 5.69 Å². The highest BCUT2D eigenvalue weighted by Gasteiger charge is 2.29. The molecular formula is C33H39ClN4. The maximum atomic E-state index is 6.32. The molecule has 198 valence electrons. The van der Waals surface area contributed by atoms with Crippen molar-refractivity contribution >= 4 is 22.9 Å². The SMILES string of the molecule is C=C/C=C(\C=C1\CCC(c2ncc(-c3ccc(NC)c(CC(C)(C)C=C)c3)[nH]2)N1C)c1cc(Cl)ccc1C. The van der Waals surface area contributed by atoms with Gasteiger partial charge in [-0.25, -0.2) is 4.98 Å². The molecule has 2 N–H and O–H groups in total. The Kier molecular flexibility index (Phi) is 8.32. The average Bonchev–Trinajstić information content (AvgIpc) is 3.52. The summed E-state index contributed by atoms with van der Waals surface area (Å²) in [6.45, 7) is 14.5. The highest BCUT2D eigenvalue weighted by molar-refractivity contribution is 6.30. The van der Waals surface area contributed by atoms with E-state index in [1.165, 1.54) is 16.8 Å². The smallest absolute Gasteiger partial charge is 0.129 e. The zero-order valence-electron chi connectivity index (χ0n) is 23.2. The molecule has 0 spiro atoms. The first kappa shape index (κ1) is 27.5. The van der Waals surface area contributed by atoms with E-state index in [1.807, 2.05) is 37.5 Å². The van der Waals surface area contributed by atoms with Gasteiger partial charge in [-0.3, -0.25) is 0 Å². The van der Waals surface area contributed by atoms with Crippen LogP contribution in [-0.4, -0.2) is 29.0 Å². The van der Waals surface area contributed by atoms with E-state index in [1.54, 1.807) is 0 Å². The molecule has 0 bridgehead atoms. The van der Waals surface area contributed by atoms with Gasteiger partial charge in [0.15, 0.2) is 0 Å². The Balaban J connectivity index is 1.59. The Morgan fingerprint density at radius 2 is 2.03 bits per heavy atom. The van der Waals surface area contributed by atoms with Crippen molar-refractivity contribution in [2.45, 2.75) is 46.1 Å². The fourth-order valence-electron chi connectivity index (χ4n) is 5.14. The van der Waals surface area contributed by atoms with Crippen LogP contribution in [0.15, 0.2) is 85.8 Å². The fourth-order valence-corrected chi connectivity index (χ4v) is 5.32. The monoisotopic (exact) mass is 526 g/mol. The topological polar surface area (TPSA) is 44.0 Å². The summed E-state index contributed by atoms with van der Waals surface area (Å²) in [6.07, 6.45) is 13.0. The van der Waals surface area contributed by atoms with Gasteiger partial charge >= 0.3 is 0 Å². The molecule has 3 aromatic rings. The van der Waals surface area contributed by atoms with Gasteiger partial charge in [0.25, 0.3) is 0 Å². The molecule has 1 aromatic heterocycles. The predicted octanol–water partition coefficient (Wildman–Crippen LogP) is 8.76. The number of benzene rings is 2. The van der Waals surface area contributed by atoms with Gasteiger partial charge < -0.3 is 15.2 Å². The Labute approximate surface area is 232 Å². The quantitative estimate of drug-likeness (QED) is 0.216. The number of hydrogen-bond acceptors (Lipinski definition) is 3. The number of aromatic nitrogens is 2. The molecule has 5 heteroatoms. The number of rotatable bonds is 9. The Morgan fingerprint density at radius 1 is 1.24 bits per heavy atom. The zero-order valence-corrected chi connectivity index (χ0v) is 24.0. The van der Waals surface area contributed by atoms with Crippen molar-refractivity contribution < 1.29 is 0 Å².